The van der Waals surface area contributed by atoms with Crippen molar-refractivity contribution in [3.05, 3.63) is 69.3 Å². The van der Waals surface area contributed by atoms with Gasteiger partial charge in [-0.15, -0.1) is 0 Å². The van der Waals surface area contributed by atoms with Gasteiger partial charge < -0.3 is 24.5 Å². The third-order valence-electron chi connectivity index (χ3n) is 5.31. The van der Waals surface area contributed by atoms with Crippen molar-refractivity contribution in [1.29, 1.82) is 0 Å². The Balaban J connectivity index is 1.72. The SMILES string of the molecule is COc1cc(OC)c(C2CC(=O)Nc3nc(SCc4cccc(F)c4)[nH]c(=O)c32)cc1OC. The number of H-pyrrole nitrogens is 1. The number of carbonyl (C=O) groups is 1. The summed E-state index contributed by atoms with van der Waals surface area (Å²) >= 11 is 1.24. The van der Waals surface area contributed by atoms with Crippen molar-refractivity contribution in [2.45, 2.75) is 23.2 Å². The fraction of sp³-hybridized carbons (Fsp3) is 0.261. The number of ether oxygens (including phenoxy) is 3. The third kappa shape index (κ3) is 4.65. The van der Waals surface area contributed by atoms with Crippen LogP contribution >= 0.6 is 11.8 Å². The van der Waals surface area contributed by atoms with Crippen LogP contribution in [0.3, 0.4) is 0 Å². The lowest BCUT2D eigenvalue weighted by Crippen LogP contribution is -2.31. The lowest BCUT2D eigenvalue weighted by molar-refractivity contribution is -0.116. The number of hydrogen-bond donors (Lipinski definition) is 2. The molecule has 0 saturated heterocycles. The Hall–Kier alpha value is -3.53. The highest BCUT2D eigenvalue weighted by Gasteiger charge is 2.33. The number of nitrogens with one attached hydrogen (secondary N) is 2. The van der Waals surface area contributed by atoms with Crippen LogP contribution in [0.4, 0.5) is 10.2 Å². The summed E-state index contributed by atoms with van der Waals surface area (Å²) in [5, 5.41) is 3.02. The average Bonchev–Trinajstić information content (AvgIpc) is 2.81. The normalized spacial score (nSPS) is 14.9. The molecule has 1 atom stereocenters. The van der Waals surface area contributed by atoms with Gasteiger partial charge in [-0.1, -0.05) is 23.9 Å². The molecule has 33 heavy (non-hydrogen) atoms. The van der Waals surface area contributed by atoms with Gasteiger partial charge in [0.05, 0.1) is 26.9 Å². The molecule has 0 fully saturated rings. The van der Waals surface area contributed by atoms with Crippen molar-refractivity contribution >= 4 is 23.5 Å². The van der Waals surface area contributed by atoms with Gasteiger partial charge in [0.15, 0.2) is 16.7 Å². The van der Waals surface area contributed by atoms with Crippen LogP contribution < -0.4 is 25.1 Å². The van der Waals surface area contributed by atoms with Crippen LogP contribution in [0.15, 0.2) is 46.3 Å². The molecule has 3 aromatic rings. The second kappa shape index (κ2) is 9.53. The van der Waals surface area contributed by atoms with Crippen molar-refractivity contribution < 1.29 is 23.4 Å². The van der Waals surface area contributed by atoms with Crippen molar-refractivity contribution in [1.82, 2.24) is 9.97 Å². The highest BCUT2D eigenvalue weighted by molar-refractivity contribution is 7.98. The second-order valence-electron chi connectivity index (χ2n) is 7.31. The summed E-state index contributed by atoms with van der Waals surface area (Å²) in [6.45, 7) is 0. The Morgan fingerprint density at radius 1 is 1.06 bits per heavy atom. The molecule has 1 unspecified atom stereocenters. The summed E-state index contributed by atoms with van der Waals surface area (Å²) in [5.74, 6) is 0.771. The smallest absolute Gasteiger partial charge is 0.257 e. The molecule has 2 N–H and O–H groups in total. The number of amides is 1. The Kier molecular flexibility index (Phi) is 6.55. The van der Waals surface area contributed by atoms with E-state index in [9.17, 15) is 14.0 Å². The first-order chi connectivity index (χ1) is 15.9. The number of hydrogen-bond acceptors (Lipinski definition) is 7. The van der Waals surface area contributed by atoms with Crippen molar-refractivity contribution in [2.24, 2.45) is 0 Å². The Morgan fingerprint density at radius 3 is 2.48 bits per heavy atom. The van der Waals surface area contributed by atoms with Crippen LogP contribution in [-0.2, 0) is 10.5 Å². The number of rotatable bonds is 7. The first kappa shape index (κ1) is 22.7. The van der Waals surface area contributed by atoms with Gasteiger partial charge >= 0.3 is 0 Å². The molecule has 4 rings (SSSR count). The van der Waals surface area contributed by atoms with Gasteiger partial charge in [-0.05, 0) is 23.8 Å². The van der Waals surface area contributed by atoms with Crippen molar-refractivity contribution in [3.8, 4) is 17.2 Å². The number of fused-ring (bicyclic) bond motifs is 1. The molecular formula is C23H22FN3O5S. The average molecular weight is 472 g/mol. The van der Waals surface area contributed by atoms with Crippen molar-refractivity contribution in [3.63, 3.8) is 0 Å². The van der Waals surface area contributed by atoms with Gasteiger partial charge in [0.25, 0.3) is 5.56 Å². The third-order valence-corrected chi connectivity index (χ3v) is 6.25. The predicted molar refractivity (Wildman–Crippen MR) is 122 cm³/mol. The van der Waals surface area contributed by atoms with E-state index >= 15 is 0 Å². The molecule has 0 spiro atoms. The largest absolute Gasteiger partial charge is 0.496 e. The number of aromatic amines is 1. The zero-order chi connectivity index (χ0) is 23.5. The molecule has 1 aliphatic heterocycles. The van der Waals surface area contributed by atoms with E-state index in [2.05, 4.69) is 15.3 Å². The number of nitrogens with zero attached hydrogens (tertiary/aromatic N) is 1. The zero-order valence-corrected chi connectivity index (χ0v) is 19.0. The first-order valence-corrected chi connectivity index (χ1v) is 11.0. The molecule has 1 aliphatic rings. The fourth-order valence-electron chi connectivity index (χ4n) is 3.79. The summed E-state index contributed by atoms with van der Waals surface area (Å²) in [7, 11) is 4.52. The van der Waals surface area contributed by atoms with E-state index in [0.29, 0.717) is 39.3 Å². The van der Waals surface area contributed by atoms with E-state index in [1.165, 1.54) is 45.2 Å². The molecule has 2 heterocycles. The molecule has 8 nitrogen and oxygen atoms in total. The Morgan fingerprint density at radius 2 is 1.79 bits per heavy atom. The van der Waals surface area contributed by atoms with Crippen LogP contribution in [0.5, 0.6) is 17.2 Å². The molecule has 0 bridgehead atoms. The molecule has 0 aliphatic carbocycles. The van der Waals surface area contributed by atoms with Gasteiger partial charge in [-0.2, -0.15) is 0 Å². The van der Waals surface area contributed by atoms with E-state index in [1.807, 2.05) is 0 Å². The van der Waals surface area contributed by atoms with Gasteiger partial charge in [-0.25, -0.2) is 9.37 Å². The van der Waals surface area contributed by atoms with Crippen LogP contribution in [0.25, 0.3) is 0 Å². The second-order valence-corrected chi connectivity index (χ2v) is 8.27. The van der Waals surface area contributed by atoms with Crippen LogP contribution in [0.2, 0.25) is 0 Å². The first-order valence-electron chi connectivity index (χ1n) is 10.0. The maximum atomic E-state index is 13.4. The number of thioether (sulfide) groups is 1. The summed E-state index contributed by atoms with van der Waals surface area (Å²) in [6.07, 6.45) is 0.0411. The molecular weight excluding hydrogens is 449 g/mol. The number of methoxy groups -OCH3 is 3. The molecule has 1 amide bonds. The minimum absolute atomic E-state index is 0.0411. The van der Waals surface area contributed by atoms with Crippen LogP contribution in [-0.4, -0.2) is 37.2 Å². The summed E-state index contributed by atoms with van der Waals surface area (Å²) in [6, 6.07) is 9.56. The minimum atomic E-state index is -0.595. The van der Waals surface area contributed by atoms with E-state index in [4.69, 9.17) is 14.2 Å². The van der Waals surface area contributed by atoms with E-state index < -0.39 is 5.92 Å². The van der Waals surface area contributed by atoms with E-state index in [1.54, 1.807) is 24.3 Å². The summed E-state index contributed by atoms with van der Waals surface area (Å²) in [4.78, 5) is 32.9. The fourth-order valence-corrected chi connectivity index (χ4v) is 4.59. The molecule has 172 valence electrons. The molecule has 2 aromatic carbocycles. The highest BCUT2D eigenvalue weighted by atomic mass is 32.2. The van der Waals surface area contributed by atoms with E-state index in [0.717, 1.165) is 5.56 Å². The van der Waals surface area contributed by atoms with Gasteiger partial charge in [0, 0.05) is 29.7 Å². The lowest BCUT2D eigenvalue weighted by Gasteiger charge is -2.26. The molecule has 0 radical (unpaired) electrons. The maximum Gasteiger partial charge on any atom is 0.257 e. The highest BCUT2D eigenvalue weighted by Crippen LogP contribution is 2.43. The van der Waals surface area contributed by atoms with Crippen LogP contribution in [0, 0.1) is 5.82 Å². The van der Waals surface area contributed by atoms with E-state index in [-0.39, 0.29) is 29.5 Å². The lowest BCUT2D eigenvalue weighted by atomic mass is 9.86. The van der Waals surface area contributed by atoms with Gasteiger partial charge in [-0.3, -0.25) is 9.59 Å². The molecule has 1 aromatic heterocycles. The Labute approximate surface area is 193 Å². The minimum Gasteiger partial charge on any atom is -0.496 e. The van der Waals surface area contributed by atoms with Crippen molar-refractivity contribution in [2.75, 3.05) is 26.6 Å². The monoisotopic (exact) mass is 471 g/mol. The topological polar surface area (TPSA) is 103 Å². The number of halogens is 1. The quantitative estimate of drug-likeness (QED) is 0.400. The summed E-state index contributed by atoms with van der Waals surface area (Å²) < 4.78 is 29.7. The summed E-state index contributed by atoms with van der Waals surface area (Å²) in [5.41, 5.74) is 1.31. The van der Waals surface area contributed by atoms with Gasteiger partial charge in [0.2, 0.25) is 5.91 Å². The van der Waals surface area contributed by atoms with Crippen LogP contribution in [0.1, 0.15) is 29.0 Å². The number of benzene rings is 2. The molecule has 0 saturated carbocycles. The zero-order valence-electron chi connectivity index (χ0n) is 18.2. The van der Waals surface area contributed by atoms with Gasteiger partial charge in [0.1, 0.15) is 17.4 Å². The Bertz CT molecular complexity index is 1260. The number of anilines is 1. The number of aromatic nitrogens is 2. The maximum absolute atomic E-state index is 13.4. The number of carbonyl (C=O) groups excluding carboxylic acids is 1. The standard InChI is InChI=1S/C23H22FN3O5S/c1-30-16-10-18(32-3)17(31-2)8-14(16)15-9-19(28)25-21-20(15)22(29)27-23(26-21)33-11-12-5-4-6-13(24)7-12/h4-8,10,15H,9,11H2,1-3H3,(H2,25,26,27,28,29). The predicted octanol–water partition coefficient (Wildman–Crippen LogP) is 3.70. The molecule has 10 heteroatoms.